The van der Waals surface area contributed by atoms with E-state index in [9.17, 15) is 0 Å². The first kappa shape index (κ1) is 11.4. The zero-order chi connectivity index (χ0) is 11.1. The van der Waals surface area contributed by atoms with Gasteiger partial charge in [-0.1, -0.05) is 25.5 Å². The lowest BCUT2D eigenvalue weighted by Crippen LogP contribution is -2.15. The molecule has 0 saturated carbocycles. The molecular weight excluding hydrogens is 190 g/mol. The molecule has 0 radical (unpaired) electrons. The van der Waals surface area contributed by atoms with E-state index < -0.39 is 0 Å². The molecule has 0 aromatic heterocycles. The highest BCUT2D eigenvalue weighted by Crippen LogP contribution is 2.13. The van der Waals surface area contributed by atoms with Crippen molar-refractivity contribution in [2.24, 2.45) is 16.7 Å². The summed E-state index contributed by atoms with van der Waals surface area (Å²) in [6.07, 6.45) is 2.16. The summed E-state index contributed by atoms with van der Waals surface area (Å²) >= 11 is 0. The first-order valence-corrected chi connectivity index (χ1v) is 5.04. The quantitative estimate of drug-likeness (QED) is 0.252. The SMILES string of the molecule is CCCCOc1cccc(C(N)=NN)c1. The fraction of sp³-hybridized carbons (Fsp3) is 0.364. The highest BCUT2D eigenvalue weighted by Gasteiger charge is 2.00. The normalized spacial score (nSPS) is 11.4. The summed E-state index contributed by atoms with van der Waals surface area (Å²) in [6.45, 7) is 2.85. The minimum Gasteiger partial charge on any atom is -0.494 e. The predicted octanol–water partition coefficient (Wildman–Crippen LogP) is 1.44. The number of rotatable bonds is 5. The van der Waals surface area contributed by atoms with Gasteiger partial charge < -0.3 is 16.3 Å². The number of ether oxygens (including phenoxy) is 1. The molecule has 0 fully saturated rings. The third-order valence-electron chi connectivity index (χ3n) is 2.04. The van der Waals surface area contributed by atoms with E-state index in [0.29, 0.717) is 5.84 Å². The van der Waals surface area contributed by atoms with Gasteiger partial charge in [0.2, 0.25) is 0 Å². The summed E-state index contributed by atoms with van der Waals surface area (Å²) in [7, 11) is 0. The molecule has 0 unspecified atom stereocenters. The van der Waals surface area contributed by atoms with Gasteiger partial charge in [-0.3, -0.25) is 0 Å². The monoisotopic (exact) mass is 207 g/mol. The maximum atomic E-state index is 5.59. The topological polar surface area (TPSA) is 73.6 Å². The lowest BCUT2D eigenvalue weighted by molar-refractivity contribution is 0.309. The molecule has 0 aliphatic rings. The van der Waals surface area contributed by atoms with Crippen molar-refractivity contribution in [1.29, 1.82) is 0 Å². The van der Waals surface area contributed by atoms with Crippen LogP contribution in [-0.4, -0.2) is 12.4 Å². The molecule has 0 saturated heterocycles. The number of unbranched alkanes of at least 4 members (excludes halogenated alkanes) is 1. The third-order valence-corrected chi connectivity index (χ3v) is 2.04. The van der Waals surface area contributed by atoms with Gasteiger partial charge in [0.25, 0.3) is 0 Å². The summed E-state index contributed by atoms with van der Waals surface area (Å²) in [6, 6.07) is 7.44. The Morgan fingerprint density at radius 1 is 1.47 bits per heavy atom. The zero-order valence-corrected chi connectivity index (χ0v) is 8.94. The first-order valence-electron chi connectivity index (χ1n) is 5.04. The van der Waals surface area contributed by atoms with Crippen LogP contribution in [0.1, 0.15) is 25.3 Å². The predicted molar refractivity (Wildman–Crippen MR) is 61.8 cm³/mol. The van der Waals surface area contributed by atoms with E-state index in [1.54, 1.807) is 0 Å². The van der Waals surface area contributed by atoms with Gasteiger partial charge in [-0.05, 0) is 18.6 Å². The highest BCUT2D eigenvalue weighted by molar-refractivity contribution is 5.97. The molecular formula is C11H17N3O. The number of benzene rings is 1. The van der Waals surface area contributed by atoms with E-state index in [-0.39, 0.29) is 0 Å². The Labute approximate surface area is 89.9 Å². The molecule has 4 heteroatoms. The van der Waals surface area contributed by atoms with Gasteiger partial charge in [0.15, 0.2) is 0 Å². The maximum absolute atomic E-state index is 5.59. The van der Waals surface area contributed by atoms with Crippen LogP contribution >= 0.6 is 0 Å². The van der Waals surface area contributed by atoms with Crippen molar-refractivity contribution >= 4 is 5.84 Å². The molecule has 0 bridgehead atoms. The second kappa shape index (κ2) is 5.90. The third kappa shape index (κ3) is 3.50. The number of nitrogens with zero attached hydrogens (tertiary/aromatic N) is 1. The highest BCUT2D eigenvalue weighted by atomic mass is 16.5. The lowest BCUT2D eigenvalue weighted by atomic mass is 10.2. The molecule has 4 N–H and O–H groups in total. The molecule has 0 amide bonds. The van der Waals surface area contributed by atoms with E-state index in [2.05, 4.69) is 12.0 Å². The number of hydrogen-bond donors (Lipinski definition) is 2. The summed E-state index contributed by atoms with van der Waals surface area (Å²) in [5, 5.41) is 3.44. The number of nitrogens with two attached hydrogens (primary N) is 2. The minimum absolute atomic E-state index is 0.316. The smallest absolute Gasteiger partial charge is 0.150 e. The Morgan fingerprint density at radius 3 is 2.93 bits per heavy atom. The molecule has 82 valence electrons. The molecule has 0 aliphatic carbocycles. The molecule has 0 spiro atoms. The van der Waals surface area contributed by atoms with Crippen molar-refractivity contribution in [1.82, 2.24) is 0 Å². The minimum atomic E-state index is 0.316. The van der Waals surface area contributed by atoms with Crippen molar-refractivity contribution in [2.45, 2.75) is 19.8 Å². The van der Waals surface area contributed by atoms with Crippen molar-refractivity contribution < 1.29 is 4.74 Å². The van der Waals surface area contributed by atoms with Gasteiger partial charge in [-0.15, -0.1) is 0 Å². The van der Waals surface area contributed by atoms with Crippen LogP contribution in [0, 0.1) is 0 Å². The molecule has 15 heavy (non-hydrogen) atoms. The van der Waals surface area contributed by atoms with Gasteiger partial charge in [0.1, 0.15) is 11.6 Å². The zero-order valence-electron chi connectivity index (χ0n) is 8.94. The Hall–Kier alpha value is -1.71. The second-order valence-electron chi connectivity index (χ2n) is 3.24. The largest absolute Gasteiger partial charge is 0.494 e. The number of hydrogen-bond acceptors (Lipinski definition) is 3. The van der Waals surface area contributed by atoms with Crippen LogP contribution in [0.5, 0.6) is 5.75 Å². The van der Waals surface area contributed by atoms with Crippen molar-refractivity contribution in [3.05, 3.63) is 29.8 Å². The molecule has 4 nitrogen and oxygen atoms in total. The molecule has 0 atom stereocenters. The van der Waals surface area contributed by atoms with Crippen LogP contribution in [0.4, 0.5) is 0 Å². The van der Waals surface area contributed by atoms with Gasteiger partial charge in [0, 0.05) is 5.56 Å². The van der Waals surface area contributed by atoms with E-state index in [0.717, 1.165) is 30.8 Å². The van der Waals surface area contributed by atoms with Crippen molar-refractivity contribution in [2.75, 3.05) is 6.61 Å². The van der Waals surface area contributed by atoms with Crippen molar-refractivity contribution in [3.63, 3.8) is 0 Å². The summed E-state index contributed by atoms with van der Waals surface area (Å²) in [5.41, 5.74) is 6.37. The fourth-order valence-corrected chi connectivity index (χ4v) is 1.15. The summed E-state index contributed by atoms with van der Waals surface area (Å²) in [4.78, 5) is 0. The van der Waals surface area contributed by atoms with Crippen LogP contribution in [-0.2, 0) is 0 Å². The number of amidine groups is 1. The van der Waals surface area contributed by atoms with Crippen LogP contribution in [0.25, 0.3) is 0 Å². The van der Waals surface area contributed by atoms with Crippen LogP contribution in [0.2, 0.25) is 0 Å². The van der Waals surface area contributed by atoms with Gasteiger partial charge in [-0.25, -0.2) is 0 Å². The number of hydrazone groups is 1. The maximum Gasteiger partial charge on any atom is 0.150 e. The second-order valence-corrected chi connectivity index (χ2v) is 3.24. The fourth-order valence-electron chi connectivity index (χ4n) is 1.15. The molecule has 1 aromatic rings. The summed E-state index contributed by atoms with van der Waals surface area (Å²) in [5.74, 6) is 6.21. The lowest BCUT2D eigenvalue weighted by Gasteiger charge is -2.06. The molecule has 0 aliphatic heterocycles. The Balaban J connectivity index is 2.66. The Kier molecular flexibility index (Phi) is 4.47. The van der Waals surface area contributed by atoms with E-state index in [1.807, 2.05) is 24.3 Å². The Bertz CT molecular complexity index is 336. The standard InChI is InChI=1S/C11H17N3O/c1-2-3-7-15-10-6-4-5-9(8-10)11(12)14-13/h4-6,8H,2-3,7,13H2,1H3,(H2,12,14). The van der Waals surface area contributed by atoms with E-state index in [4.69, 9.17) is 16.3 Å². The van der Waals surface area contributed by atoms with E-state index >= 15 is 0 Å². The van der Waals surface area contributed by atoms with Gasteiger partial charge in [0.05, 0.1) is 6.61 Å². The van der Waals surface area contributed by atoms with Crippen LogP contribution in [0.3, 0.4) is 0 Å². The summed E-state index contributed by atoms with van der Waals surface area (Å²) < 4.78 is 5.53. The molecule has 1 aromatic carbocycles. The van der Waals surface area contributed by atoms with Crippen LogP contribution in [0.15, 0.2) is 29.4 Å². The van der Waals surface area contributed by atoms with Crippen LogP contribution < -0.4 is 16.3 Å². The average Bonchev–Trinajstić information content (AvgIpc) is 2.29. The molecule has 1 rings (SSSR count). The first-order chi connectivity index (χ1) is 7.27. The van der Waals surface area contributed by atoms with Gasteiger partial charge in [-0.2, -0.15) is 5.10 Å². The average molecular weight is 207 g/mol. The Morgan fingerprint density at radius 2 is 2.27 bits per heavy atom. The van der Waals surface area contributed by atoms with Crippen molar-refractivity contribution in [3.8, 4) is 5.75 Å². The van der Waals surface area contributed by atoms with E-state index in [1.165, 1.54) is 0 Å². The van der Waals surface area contributed by atoms with Gasteiger partial charge >= 0.3 is 0 Å². The molecule has 0 heterocycles.